The predicted molar refractivity (Wildman–Crippen MR) is 121 cm³/mol. The standard InChI is InChI=1S/C24H20F3N7/c1-14-15(2)22(31-34-21(14)29-30-23(34)24(25,26)27)32-9-8-19-17(13-32)11-18(12-28-19)33-10-7-16-5-3-4-6-20(16)33/h3-7,10-12H,8-9,13H2,1-2H3. The molecular weight excluding hydrogens is 443 g/mol. The Bertz CT molecular complexity index is 1560. The number of benzene rings is 1. The molecule has 0 saturated carbocycles. The second kappa shape index (κ2) is 7.28. The number of hydrogen-bond donors (Lipinski definition) is 0. The maximum absolute atomic E-state index is 13.5. The maximum Gasteiger partial charge on any atom is 0.453 e. The fourth-order valence-corrected chi connectivity index (χ4v) is 4.62. The summed E-state index contributed by atoms with van der Waals surface area (Å²) in [4.78, 5) is 6.70. The summed E-state index contributed by atoms with van der Waals surface area (Å²) in [6.45, 7) is 4.71. The Hall–Kier alpha value is -3.95. The van der Waals surface area contributed by atoms with Gasteiger partial charge in [0.15, 0.2) is 11.5 Å². The number of hydrogen-bond acceptors (Lipinski definition) is 5. The van der Waals surface area contributed by atoms with Gasteiger partial charge in [-0.1, -0.05) is 18.2 Å². The first kappa shape index (κ1) is 20.6. The van der Waals surface area contributed by atoms with Crippen LogP contribution >= 0.6 is 0 Å². The lowest BCUT2D eigenvalue weighted by Crippen LogP contribution is -2.33. The smallest absolute Gasteiger partial charge is 0.350 e. The number of aromatic nitrogens is 6. The first-order chi connectivity index (χ1) is 16.3. The summed E-state index contributed by atoms with van der Waals surface area (Å²) in [5.74, 6) is -0.620. The van der Waals surface area contributed by atoms with E-state index in [1.54, 1.807) is 6.92 Å². The van der Waals surface area contributed by atoms with Gasteiger partial charge in [-0.05, 0) is 43.0 Å². The van der Waals surface area contributed by atoms with E-state index in [1.807, 2.05) is 36.4 Å². The lowest BCUT2D eigenvalue weighted by molar-refractivity contribution is -0.146. The summed E-state index contributed by atoms with van der Waals surface area (Å²) in [6.07, 6.45) is -0.0808. The van der Waals surface area contributed by atoms with E-state index in [0.717, 1.165) is 37.9 Å². The Kier molecular flexibility index (Phi) is 4.42. The molecule has 5 heterocycles. The quantitative estimate of drug-likeness (QED) is 0.381. The van der Waals surface area contributed by atoms with Crippen molar-refractivity contribution in [3.63, 3.8) is 0 Å². The van der Waals surface area contributed by atoms with Crippen molar-refractivity contribution in [2.24, 2.45) is 0 Å². The van der Waals surface area contributed by atoms with Crippen LogP contribution in [0.15, 0.2) is 48.8 Å². The minimum atomic E-state index is -4.64. The summed E-state index contributed by atoms with van der Waals surface area (Å²) < 4.78 is 43.3. The Labute approximate surface area is 192 Å². The first-order valence-corrected chi connectivity index (χ1v) is 10.9. The van der Waals surface area contributed by atoms with Crippen LogP contribution in [-0.4, -0.2) is 35.9 Å². The molecule has 1 aliphatic rings. The Morgan fingerprint density at radius 3 is 2.65 bits per heavy atom. The summed E-state index contributed by atoms with van der Waals surface area (Å²) in [5.41, 5.74) is 5.59. The molecule has 172 valence electrons. The second-order valence-corrected chi connectivity index (χ2v) is 8.55. The average molecular weight is 463 g/mol. The van der Waals surface area contributed by atoms with Crippen LogP contribution in [0.2, 0.25) is 0 Å². The highest BCUT2D eigenvalue weighted by atomic mass is 19.4. The van der Waals surface area contributed by atoms with E-state index >= 15 is 0 Å². The van der Waals surface area contributed by atoms with Crippen LogP contribution in [0.3, 0.4) is 0 Å². The predicted octanol–water partition coefficient (Wildman–Crippen LogP) is 4.66. The molecule has 0 atom stereocenters. The van der Waals surface area contributed by atoms with Gasteiger partial charge in [0.2, 0.25) is 0 Å². The fourth-order valence-electron chi connectivity index (χ4n) is 4.62. The molecule has 34 heavy (non-hydrogen) atoms. The van der Waals surface area contributed by atoms with Gasteiger partial charge in [-0.2, -0.15) is 17.7 Å². The van der Waals surface area contributed by atoms with Gasteiger partial charge < -0.3 is 9.47 Å². The third-order valence-electron chi connectivity index (χ3n) is 6.52. The molecule has 0 fully saturated rings. The van der Waals surface area contributed by atoms with Crippen LogP contribution in [-0.2, 0) is 19.1 Å². The second-order valence-electron chi connectivity index (χ2n) is 8.55. The third kappa shape index (κ3) is 3.12. The van der Waals surface area contributed by atoms with E-state index in [0.29, 0.717) is 30.9 Å². The molecule has 7 nitrogen and oxygen atoms in total. The average Bonchev–Trinajstić information content (AvgIpc) is 3.45. The fraction of sp³-hybridized carbons (Fsp3) is 0.250. The molecule has 6 rings (SSSR count). The zero-order valence-corrected chi connectivity index (χ0v) is 18.5. The molecule has 0 N–H and O–H groups in total. The van der Waals surface area contributed by atoms with Gasteiger partial charge in [0.25, 0.3) is 5.82 Å². The molecule has 0 saturated heterocycles. The first-order valence-electron chi connectivity index (χ1n) is 10.9. The van der Waals surface area contributed by atoms with Gasteiger partial charge in [-0.15, -0.1) is 15.3 Å². The third-order valence-corrected chi connectivity index (χ3v) is 6.52. The number of nitrogens with zero attached hydrogens (tertiary/aromatic N) is 7. The van der Waals surface area contributed by atoms with Crippen molar-refractivity contribution < 1.29 is 13.2 Å². The molecule has 0 radical (unpaired) electrons. The van der Waals surface area contributed by atoms with Crippen LogP contribution in [0.5, 0.6) is 0 Å². The van der Waals surface area contributed by atoms with E-state index in [2.05, 4.69) is 44.1 Å². The lowest BCUT2D eigenvalue weighted by Gasteiger charge is -2.31. The minimum absolute atomic E-state index is 0.120. The number of fused-ring (bicyclic) bond motifs is 3. The number of halogens is 3. The van der Waals surface area contributed by atoms with E-state index in [1.165, 1.54) is 0 Å². The molecule has 0 aliphatic carbocycles. The van der Waals surface area contributed by atoms with Gasteiger partial charge in [-0.25, -0.2) is 0 Å². The van der Waals surface area contributed by atoms with Gasteiger partial charge in [0.1, 0.15) is 0 Å². The van der Waals surface area contributed by atoms with Crippen molar-refractivity contribution in [3.8, 4) is 5.69 Å². The molecule has 10 heteroatoms. The summed E-state index contributed by atoms with van der Waals surface area (Å²) >= 11 is 0. The summed E-state index contributed by atoms with van der Waals surface area (Å²) in [7, 11) is 0. The molecule has 4 aromatic heterocycles. The van der Waals surface area contributed by atoms with Crippen LogP contribution in [0.25, 0.3) is 22.2 Å². The normalized spacial score (nSPS) is 14.2. The zero-order valence-electron chi connectivity index (χ0n) is 18.5. The molecule has 1 aromatic carbocycles. The molecule has 5 aromatic rings. The summed E-state index contributed by atoms with van der Waals surface area (Å²) in [6, 6.07) is 12.3. The van der Waals surface area contributed by atoms with Crippen LogP contribution in [0.1, 0.15) is 28.2 Å². The van der Waals surface area contributed by atoms with Gasteiger partial charge >= 0.3 is 6.18 Å². The van der Waals surface area contributed by atoms with Crippen LogP contribution in [0.4, 0.5) is 19.0 Å². The Balaban J connectivity index is 1.41. The van der Waals surface area contributed by atoms with Gasteiger partial charge in [0, 0.05) is 42.5 Å². The number of pyridine rings is 1. The van der Waals surface area contributed by atoms with Gasteiger partial charge in [-0.3, -0.25) is 4.98 Å². The van der Waals surface area contributed by atoms with Crippen molar-refractivity contribution in [3.05, 3.63) is 77.0 Å². The Morgan fingerprint density at radius 1 is 1.00 bits per heavy atom. The highest BCUT2D eigenvalue weighted by molar-refractivity contribution is 5.81. The Morgan fingerprint density at radius 2 is 1.82 bits per heavy atom. The highest BCUT2D eigenvalue weighted by Crippen LogP contribution is 2.32. The summed E-state index contributed by atoms with van der Waals surface area (Å²) in [5, 5.41) is 12.6. The minimum Gasteiger partial charge on any atom is -0.350 e. The van der Waals surface area contributed by atoms with Crippen molar-refractivity contribution in [2.45, 2.75) is 33.0 Å². The van der Waals surface area contributed by atoms with E-state index in [9.17, 15) is 13.2 Å². The molecule has 0 unspecified atom stereocenters. The zero-order chi connectivity index (χ0) is 23.6. The topological polar surface area (TPSA) is 64.1 Å². The molecule has 0 amide bonds. The largest absolute Gasteiger partial charge is 0.453 e. The van der Waals surface area contributed by atoms with E-state index < -0.39 is 12.0 Å². The van der Waals surface area contributed by atoms with Crippen molar-refractivity contribution in [2.75, 3.05) is 11.4 Å². The van der Waals surface area contributed by atoms with Crippen molar-refractivity contribution in [1.29, 1.82) is 0 Å². The molecule has 0 bridgehead atoms. The van der Waals surface area contributed by atoms with Crippen LogP contribution < -0.4 is 4.90 Å². The molecule has 0 spiro atoms. The molecular formula is C24H20F3N7. The number of aryl methyl sites for hydroxylation is 1. The maximum atomic E-state index is 13.5. The van der Waals surface area contributed by atoms with E-state index in [4.69, 9.17) is 4.98 Å². The number of rotatable bonds is 2. The van der Waals surface area contributed by atoms with E-state index in [-0.39, 0.29) is 5.65 Å². The number of para-hydroxylation sites is 1. The molecule has 1 aliphatic heterocycles. The number of alkyl halides is 3. The van der Waals surface area contributed by atoms with Crippen molar-refractivity contribution in [1.82, 2.24) is 29.4 Å². The van der Waals surface area contributed by atoms with Crippen molar-refractivity contribution >= 4 is 22.4 Å². The number of anilines is 1. The monoisotopic (exact) mass is 463 g/mol. The lowest BCUT2D eigenvalue weighted by atomic mass is 10.0. The van der Waals surface area contributed by atoms with Gasteiger partial charge in [0.05, 0.1) is 17.4 Å². The van der Waals surface area contributed by atoms with Crippen LogP contribution in [0, 0.1) is 13.8 Å². The highest BCUT2D eigenvalue weighted by Gasteiger charge is 2.38. The SMILES string of the molecule is Cc1c(N2CCc3ncc(-n4ccc5ccccc54)cc3C2)nn2c(C(F)(F)F)nnc2c1C.